The molecular weight excluding hydrogens is 458 g/mol. The largest absolute Gasteiger partial charge is 0.454 e. The van der Waals surface area contributed by atoms with Gasteiger partial charge in [-0.3, -0.25) is 10.4 Å². The van der Waals surface area contributed by atoms with Crippen LogP contribution in [0.4, 0.5) is 4.79 Å². The maximum Gasteiger partial charge on any atom is 0.317 e. The number of ether oxygens (including phenoxy) is 2. The number of amides is 2. The second-order valence-corrected chi connectivity index (χ2v) is 9.41. The van der Waals surface area contributed by atoms with Crippen LogP contribution in [-0.4, -0.2) is 27.7 Å². The summed E-state index contributed by atoms with van der Waals surface area (Å²) in [5.41, 5.74) is 4.32. The average Bonchev–Trinajstić information content (AvgIpc) is 3.41. The maximum atomic E-state index is 12.3. The van der Waals surface area contributed by atoms with Crippen LogP contribution in [0.1, 0.15) is 5.56 Å². The highest BCUT2D eigenvalue weighted by molar-refractivity contribution is 8.39. The summed E-state index contributed by atoms with van der Waals surface area (Å²) in [6, 6.07) is 12.8. The first-order chi connectivity index (χ1) is 15.1. The number of nitrogens with one attached hydrogen (secondary N) is 3. The van der Waals surface area contributed by atoms with Gasteiger partial charge in [-0.1, -0.05) is 35.5 Å². The number of benzene rings is 2. The van der Waals surface area contributed by atoms with Crippen LogP contribution in [-0.2, 0) is 6.54 Å². The van der Waals surface area contributed by atoms with E-state index in [2.05, 4.69) is 26.1 Å². The number of urea groups is 1. The number of halogens is 1. The van der Waals surface area contributed by atoms with Gasteiger partial charge in [0.25, 0.3) is 0 Å². The smallest absolute Gasteiger partial charge is 0.317 e. The van der Waals surface area contributed by atoms with E-state index in [-0.39, 0.29) is 18.3 Å². The molecule has 2 aromatic carbocycles. The Morgan fingerprint density at radius 3 is 3.06 bits per heavy atom. The van der Waals surface area contributed by atoms with Crippen LogP contribution in [0.2, 0.25) is 5.02 Å². The van der Waals surface area contributed by atoms with Gasteiger partial charge >= 0.3 is 6.03 Å². The highest BCUT2D eigenvalue weighted by Gasteiger charge is 2.22. The minimum absolute atomic E-state index is 0.223. The van der Waals surface area contributed by atoms with Crippen molar-refractivity contribution in [1.82, 2.24) is 21.0 Å². The maximum absolute atomic E-state index is 12.3. The first kappa shape index (κ1) is 20.1. The zero-order chi connectivity index (χ0) is 21.2. The van der Waals surface area contributed by atoms with Gasteiger partial charge in [0.15, 0.2) is 21.4 Å². The molecule has 0 radical (unpaired) electrons. The molecule has 0 aliphatic carbocycles. The van der Waals surface area contributed by atoms with Crippen LogP contribution in [0.5, 0.6) is 11.5 Å². The summed E-state index contributed by atoms with van der Waals surface area (Å²) in [6.07, 6.45) is 1.74. The molecule has 0 fully saturated rings. The average molecular weight is 474 g/mol. The lowest BCUT2D eigenvalue weighted by atomic mass is 10.2. The predicted molar refractivity (Wildman–Crippen MR) is 122 cm³/mol. The molecule has 31 heavy (non-hydrogen) atoms. The Balaban J connectivity index is 1.13. The molecule has 2 aliphatic rings. The topological polar surface area (TPSA) is 96.9 Å². The summed E-state index contributed by atoms with van der Waals surface area (Å²) < 4.78 is 11.4. The van der Waals surface area contributed by atoms with Crippen molar-refractivity contribution in [3.63, 3.8) is 0 Å². The molecule has 158 valence electrons. The molecule has 0 spiro atoms. The zero-order valence-electron chi connectivity index (χ0n) is 15.9. The van der Waals surface area contributed by atoms with Crippen LogP contribution < -0.4 is 25.5 Å². The van der Waals surface area contributed by atoms with Crippen LogP contribution in [0.25, 0.3) is 10.9 Å². The van der Waals surface area contributed by atoms with Gasteiger partial charge in [0.2, 0.25) is 6.79 Å². The molecule has 0 saturated carbocycles. The number of rotatable bonds is 4. The van der Waals surface area contributed by atoms with E-state index in [4.69, 9.17) is 21.1 Å². The van der Waals surface area contributed by atoms with Crippen molar-refractivity contribution in [3.05, 3.63) is 59.2 Å². The number of nitrogens with zero attached hydrogens (tertiary/aromatic N) is 2. The highest BCUT2D eigenvalue weighted by atomic mass is 35.5. The lowest BCUT2D eigenvalue weighted by Gasteiger charge is -2.13. The molecule has 0 bridgehead atoms. The van der Waals surface area contributed by atoms with E-state index in [0.29, 0.717) is 23.1 Å². The van der Waals surface area contributed by atoms with Crippen molar-refractivity contribution in [2.45, 2.75) is 16.9 Å². The van der Waals surface area contributed by atoms with Gasteiger partial charge in [-0.25, -0.2) is 4.79 Å². The second kappa shape index (κ2) is 8.74. The number of pyridine rings is 1. The van der Waals surface area contributed by atoms with Crippen molar-refractivity contribution in [2.75, 3.05) is 6.79 Å². The number of hydrazone groups is 1. The van der Waals surface area contributed by atoms with Crippen LogP contribution in [0.15, 0.2) is 58.7 Å². The fraction of sp³-hybridized carbons (Fsp3) is 0.150. The van der Waals surface area contributed by atoms with E-state index >= 15 is 0 Å². The van der Waals surface area contributed by atoms with Gasteiger partial charge < -0.3 is 20.1 Å². The number of hydrogen-bond acceptors (Lipinski definition) is 8. The third kappa shape index (κ3) is 4.60. The van der Waals surface area contributed by atoms with Gasteiger partial charge in [-0.15, -0.1) is 0 Å². The van der Waals surface area contributed by atoms with E-state index in [1.54, 1.807) is 6.20 Å². The summed E-state index contributed by atoms with van der Waals surface area (Å²) in [7, 11) is 0. The summed E-state index contributed by atoms with van der Waals surface area (Å²) in [5.74, 6) is 1.40. The Morgan fingerprint density at radius 1 is 1.23 bits per heavy atom. The molecular formula is C20H16ClN5O3S2. The van der Waals surface area contributed by atoms with E-state index in [9.17, 15) is 4.79 Å². The number of aromatic nitrogens is 1. The first-order valence-corrected chi connectivity index (χ1v) is 11.4. The number of carbonyl (C=O) groups excluding carboxylic acids is 1. The van der Waals surface area contributed by atoms with Gasteiger partial charge in [0.05, 0.1) is 5.52 Å². The first-order valence-electron chi connectivity index (χ1n) is 9.29. The predicted octanol–water partition coefficient (Wildman–Crippen LogP) is 4.10. The third-order valence-corrected chi connectivity index (χ3v) is 6.87. The van der Waals surface area contributed by atoms with Crippen molar-refractivity contribution >= 4 is 56.4 Å². The van der Waals surface area contributed by atoms with Crippen molar-refractivity contribution in [1.29, 1.82) is 0 Å². The molecule has 0 saturated heterocycles. The van der Waals surface area contributed by atoms with Crippen LogP contribution in [0, 0.1) is 0 Å². The van der Waals surface area contributed by atoms with Gasteiger partial charge in [0, 0.05) is 28.0 Å². The van der Waals surface area contributed by atoms with Crippen molar-refractivity contribution < 1.29 is 14.3 Å². The fourth-order valence-electron chi connectivity index (χ4n) is 3.05. The minimum atomic E-state index is -0.359. The quantitative estimate of drug-likeness (QED) is 0.525. The molecule has 5 rings (SSSR count). The Kier molecular flexibility index (Phi) is 5.66. The molecule has 1 aromatic heterocycles. The molecule has 1 atom stereocenters. The van der Waals surface area contributed by atoms with E-state index in [1.807, 2.05) is 42.5 Å². The number of fused-ring (bicyclic) bond motifs is 2. The molecule has 3 aromatic rings. The van der Waals surface area contributed by atoms with Crippen molar-refractivity contribution in [3.8, 4) is 11.5 Å². The Bertz CT molecular complexity index is 1190. The number of carbonyl (C=O) groups is 1. The summed E-state index contributed by atoms with van der Waals surface area (Å²) in [5, 5.41) is 11.6. The Labute approximate surface area is 191 Å². The molecule has 11 heteroatoms. The Hall–Kier alpha value is -2.82. The lowest BCUT2D eigenvalue weighted by molar-refractivity contribution is 0.174. The molecule has 8 nitrogen and oxygen atoms in total. The van der Waals surface area contributed by atoms with Gasteiger partial charge in [0.1, 0.15) is 0 Å². The number of thioether (sulfide) groups is 2. The van der Waals surface area contributed by atoms with Gasteiger partial charge in [-0.2, -0.15) is 5.10 Å². The fourth-order valence-corrected chi connectivity index (χ4v) is 5.25. The standard InChI is InChI=1S/C20H16ClN5O3S2/c21-12-2-3-13-14(8-12)22-6-5-17(13)30-20-26-25-19(31-20)24-18(27)23-9-11-1-4-15-16(7-11)29-10-28-15/h1-8,19,25H,9-10H2,(H2,23,24,27). The molecule has 3 heterocycles. The SMILES string of the molecule is O=C(NCc1ccc2c(c1)OCO2)NC1NN=C(Sc2ccnc3cc(Cl)ccc23)S1. The Morgan fingerprint density at radius 2 is 2.13 bits per heavy atom. The second-order valence-electron chi connectivity index (χ2n) is 6.59. The molecule has 1 unspecified atom stereocenters. The molecule has 2 aliphatic heterocycles. The summed E-state index contributed by atoms with van der Waals surface area (Å²) in [6.45, 7) is 0.592. The van der Waals surface area contributed by atoms with Crippen molar-refractivity contribution in [2.24, 2.45) is 5.10 Å². The monoisotopic (exact) mass is 473 g/mol. The normalized spacial score (nSPS) is 16.7. The van der Waals surface area contributed by atoms with E-state index < -0.39 is 0 Å². The lowest BCUT2D eigenvalue weighted by Crippen LogP contribution is -2.44. The number of hydrogen-bond donors (Lipinski definition) is 3. The van der Waals surface area contributed by atoms with Crippen LogP contribution >= 0.6 is 35.1 Å². The summed E-state index contributed by atoms with van der Waals surface area (Å²) >= 11 is 9.00. The zero-order valence-corrected chi connectivity index (χ0v) is 18.3. The van der Waals surface area contributed by atoms with Crippen LogP contribution in [0.3, 0.4) is 0 Å². The summed E-state index contributed by atoms with van der Waals surface area (Å²) in [4.78, 5) is 17.6. The third-order valence-electron chi connectivity index (χ3n) is 4.51. The molecule has 2 amide bonds. The molecule has 3 N–H and O–H groups in total. The van der Waals surface area contributed by atoms with E-state index in [0.717, 1.165) is 25.7 Å². The van der Waals surface area contributed by atoms with Gasteiger partial charge in [-0.05, 0) is 47.7 Å². The van der Waals surface area contributed by atoms with E-state index in [1.165, 1.54) is 23.5 Å². The highest BCUT2D eigenvalue weighted by Crippen LogP contribution is 2.35. The minimum Gasteiger partial charge on any atom is -0.454 e.